The van der Waals surface area contributed by atoms with E-state index in [4.69, 9.17) is 5.26 Å². The van der Waals surface area contributed by atoms with Crippen molar-refractivity contribution >= 4 is 17.8 Å². The third-order valence-electron chi connectivity index (χ3n) is 2.70. The van der Waals surface area contributed by atoms with Crippen LogP contribution in [0.4, 0.5) is 5.69 Å². The maximum absolute atomic E-state index is 10.9. The Morgan fingerprint density at radius 1 is 1.14 bits per heavy atom. The molecular weight excluding hydrogens is 266 g/mol. The molecule has 0 aliphatic carbocycles. The quantitative estimate of drug-likeness (QED) is 0.486. The second kappa shape index (κ2) is 6.78. The van der Waals surface area contributed by atoms with Gasteiger partial charge in [0, 0.05) is 12.3 Å². The second-order valence-corrected chi connectivity index (χ2v) is 4.12. The summed E-state index contributed by atoms with van der Waals surface area (Å²) in [5.41, 5.74) is 1.82. The molecule has 102 valence electrons. The van der Waals surface area contributed by atoms with Crippen molar-refractivity contribution in [3.8, 4) is 6.07 Å². The van der Waals surface area contributed by atoms with E-state index in [0.29, 0.717) is 16.8 Å². The monoisotopic (exact) mass is 277 g/mol. The van der Waals surface area contributed by atoms with Crippen LogP contribution in [0.15, 0.2) is 54.7 Å². The summed E-state index contributed by atoms with van der Waals surface area (Å²) in [6.07, 6.45) is 8.36. The number of aromatic nitrogens is 1. The SMILES string of the molecule is N#Cc1ccc(C=CC=Cc2ccccc2[N+](=O)[O-])nc1. The zero-order chi connectivity index (χ0) is 15.1. The largest absolute Gasteiger partial charge is 0.276 e. The molecule has 5 nitrogen and oxygen atoms in total. The first-order chi connectivity index (χ1) is 10.2. The van der Waals surface area contributed by atoms with Crippen LogP contribution in [0.3, 0.4) is 0 Å². The predicted octanol–water partition coefficient (Wildman–Crippen LogP) is 3.59. The van der Waals surface area contributed by atoms with E-state index in [2.05, 4.69) is 4.98 Å². The number of hydrogen-bond acceptors (Lipinski definition) is 4. The summed E-state index contributed by atoms with van der Waals surface area (Å²) in [6, 6.07) is 11.9. The van der Waals surface area contributed by atoms with E-state index in [0.717, 1.165) is 0 Å². The lowest BCUT2D eigenvalue weighted by atomic mass is 10.1. The first kappa shape index (κ1) is 14.2. The van der Waals surface area contributed by atoms with Gasteiger partial charge in [-0.25, -0.2) is 0 Å². The topological polar surface area (TPSA) is 79.8 Å². The zero-order valence-corrected chi connectivity index (χ0v) is 11.0. The number of pyridine rings is 1. The van der Waals surface area contributed by atoms with Crippen molar-refractivity contribution in [2.75, 3.05) is 0 Å². The lowest BCUT2D eigenvalue weighted by Gasteiger charge is -1.95. The second-order valence-electron chi connectivity index (χ2n) is 4.12. The Morgan fingerprint density at radius 3 is 2.57 bits per heavy atom. The average molecular weight is 277 g/mol. The summed E-state index contributed by atoms with van der Waals surface area (Å²) in [5, 5.41) is 19.5. The molecule has 0 saturated heterocycles. The molecule has 21 heavy (non-hydrogen) atoms. The van der Waals surface area contributed by atoms with Crippen LogP contribution in [-0.2, 0) is 0 Å². The first-order valence-electron chi connectivity index (χ1n) is 6.15. The molecular formula is C16H11N3O2. The molecule has 0 N–H and O–H groups in total. The molecule has 1 heterocycles. The Kier molecular flexibility index (Phi) is 4.57. The molecule has 2 rings (SSSR count). The molecule has 1 aromatic carbocycles. The number of hydrogen-bond donors (Lipinski definition) is 0. The standard InChI is InChI=1S/C16H11N3O2/c17-11-13-9-10-15(18-12-13)7-3-1-5-14-6-2-4-8-16(14)19(20)21/h1-10,12H. The average Bonchev–Trinajstić information content (AvgIpc) is 2.52. The summed E-state index contributed by atoms with van der Waals surface area (Å²) in [4.78, 5) is 14.5. The van der Waals surface area contributed by atoms with Crippen LogP contribution in [0.2, 0.25) is 0 Å². The van der Waals surface area contributed by atoms with Crippen LogP contribution in [0.25, 0.3) is 12.2 Å². The number of nitro groups is 1. The van der Waals surface area contributed by atoms with Gasteiger partial charge >= 0.3 is 0 Å². The number of nitrogens with zero attached hydrogens (tertiary/aromatic N) is 3. The van der Waals surface area contributed by atoms with Crippen molar-refractivity contribution in [2.24, 2.45) is 0 Å². The Morgan fingerprint density at radius 2 is 1.90 bits per heavy atom. The highest BCUT2D eigenvalue weighted by atomic mass is 16.6. The molecule has 2 aromatic rings. The molecule has 0 fully saturated rings. The summed E-state index contributed by atoms with van der Waals surface area (Å²) < 4.78 is 0. The molecule has 5 heteroatoms. The highest BCUT2D eigenvalue weighted by Gasteiger charge is 2.08. The molecule has 0 atom stereocenters. The van der Waals surface area contributed by atoms with Gasteiger partial charge < -0.3 is 0 Å². The number of allylic oxidation sites excluding steroid dienone is 2. The van der Waals surface area contributed by atoms with Crippen LogP contribution in [-0.4, -0.2) is 9.91 Å². The molecule has 0 aliphatic heterocycles. The third kappa shape index (κ3) is 3.85. The van der Waals surface area contributed by atoms with Crippen molar-refractivity contribution in [3.05, 3.63) is 81.7 Å². The van der Waals surface area contributed by atoms with Gasteiger partial charge in [0.05, 0.1) is 21.7 Å². The van der Waals surface area contributed by atoms with Crippen LogP contribution < -0.4 is 0 Å². The molecule has 0 spiro atoms. The molecule has 1 aromatic heterocycles. The Labute approximate surface area is 121 Å². The Balaban J connectivity index is 2.10. The van der Waals surface area contributed by atoms with E-state index >= 15 is 0 Å². The summed E-state index contributed by atoms with van der Waals surface area (Å²) >= 11 is 0. The van der Waals surface area contributed by atoms with Crippen LogP contribution >= 0.6 is 0 Å². The number of nitriles is 1. The fourth-order valence-electron chi connectivity index (χ4n) is 1.68. The van der Waals surface area contributed by atoms with Crippen molar-refractivity contribution in [1.82, 2.24) is 4.98 Å². The molecule has 0 amide bonds. The minimum absolute atomic E-state index is 0.0682. The maximum atomic E-state index is 10.9. The lowest BCUT2D eigenvalue weighted by Crippen LogP contribution is -1.90. The summed E-state index contributed by atoms with van der Waals surface area (Å²) in [6.45, 7) is 0. The highest BCUT2D eigenvalue weighted by molar-refractivity contribution is 5.63. The van der Waals surface area contributed by atoms with Crippen LogP contribution in [0.1, 0.15) is 16.8 Å². The Bertz CT molecular complexity index is 741. The normalized spacial score (nSPS) is 10.8. The van der Waals surface area contributed by atoms with Crippen molar-refractivity contribution in [3.63, 3.8) is 0 Å². The summed E-state index contributed by atoms with van der Waals surface area (Å²) in [7, 11) is 0. The van der Waals surface area contributed by atoms with Gasteiger partial charge in [0.25, 0.3) is 5.69 Å². The van der Waals surface area contributed by atoms with E-state index in [1.807, 2.05) is 6.07 Å². The van der Waals surface area contributed by atoms with Gasteiger partial charge in [-0.2, -0.15) is 5.26 Å². The molecule has 0 aliphatic rings. The molecule has 0 bridgehead atoms. The fraction of sp³-hybridized carbons (Fsp3) is 0. The van der Waals surface area contributed by atoms with Gasteiger partial charge in [-0.3, -0.25) is 15.1 Å². The van der Waals surface area contributed by atoms with E-state index < -0.39 is 4.92 Å². The van der Waals surface area contributed by atoms with Crippen molar-refractivity contribution < 1.29 is 4.92 Å². The zero-order valence-electron chi connectivity index (χ0n) is 11.0. The number of benzene rings is 1. The van der Waals surface area contributed by atoms with Gasteiger partial charge in [-0.05, 0) is 30.4 Å². The Hall–Kier alpha value is -3.26. The van der Waals surface area contributed by atoms with Gasteiger partial charge in [-0.1, -0.05) is 24.3 Å². The lowest BCUT2D eigenvalue weighted by molar-refractivity contribution is -0.385. The summed E-state index contributed by atoms with van der Waals surface area (Å²) in [5.74, 6) is 0. The van der Waals surface area contributed by atoms with E-state index in [-0.39, 0.29) is 5.69 Å². The van der Waals surface area contributed by atoms with Crippen LogP contribution in [0.5, 0.6) is 0 Å². The van der Waals surface area contributed by atoms with Crippen molar-refractivity contribution in [1.29, 1.82) is 5.26 Å². The molecule has 0 unspecified atom stereocenters. The number of rotatable bonds is 4. The molecule has 0 saturated carbocycles. The van der Waals surface area contributed by atoms with Crippen LogP contribution in [0, 0.1) is 21.4 Å². The first-order valence-corrected chi connectivity index (χ1v) is 6.15. The minimum atomic E-state index is -0.411. The van der Waals surface area contributed by atoms with Gasteiger partial charge in [-0.15, -0.1) is 0 Å². The number of nitro benzene ring substituents is 1. The smallest absolute Gasteiger partial charge is 0.258 e. The number of para-hydroxylation sites is 1. The van der Waals surface area contributed by atoms with Gasteiger partial charge in [0.1, 0.15) is 6.07 Å². The van der Waals surface area contributed by atoms with Gasteiger partial charge in [0.15, 0.2) is 0 Å². The van der Waals surface area contributed by atoms with E-state index in [1.165, 1.54) is 12.3 Å². The van der Waals surface area contributed by atoms with Gasteiger partial charge in [0.2, 0.25) is 0 Å². The maximum Gasteiger partial charge on any atom is 0.276 e. The van der Waals surface area contributed by atoms with E-state index in [1.54, 1.807) is 54.6 Å². The van der Waals surface area contributed by atoms with Crippen molar-refractivity contribution in [2.45, 2.75) is 0 Å². The minimum Gasteiger partial charge on any atom is -0.258 e. The molecule has 0 radical (unpaired) electrons. The highest BCUT2D eigenvalue weighted by Crippen LogP contribution is 2.18. The predicted molar refractivity (Wildman–Crippen MR) is 80.1 cm³/mol. The van der Waals surface area contributed by atoms with E-state index in [9.17, 15) is 10.1 Å². The fourth-order valence-corrected chi connectivity index (χ4v) is 1.68. The third-order valence-corrected chi connectivity index (χ3v) is 2.70.